The number of rotatable bonds is 5. The zero-order valence-corrected chi connectivity index (χ0v) is 15.2. The van der Waals surface area contributed by atoms with Gasteiger partial charge in [-0.15, -0.1) is 0 Å². The summed E-state index contributed by atoms with van der Waals surface area (Å²) in [7, 11) is 0. The van der Waals surface area contributed by atoms with Crippen LogP contribution in [0, 0.1) is 0 Å². The fourth-order valence-electron chi connectivity index (χ4n) is 2.82. The van der Waals surface area contributed by atoms with Gasteiger partial charge in [0.15, 0.2) is 28.6 Å². The maximum absolute atomic E-state index is 12.2. The molecule has 1 fully saturated rings. The van der Waals surface area contributed by atoms with Gasteiger partial charge in [-0.25, -0.2) is 0 Å². The van der Waals surface area contributed by atoms with Gasteiger partial charge >= 0.3 is 0 Å². The van der Waals surface area contributed by atoms with Crippen molar-refractivity contribution in [2.75, 3.05) is 0 Å². The van der Waals surface area contributed by atoms with Crippen LogP contribution >= 0.6 is 15.9 Å². The molecule has 1 heterocycles. The lowest BCUT2D eigenvalue weighted by Crippen LogP contribution is -2.82. The fourth-order valence-corrected chi connectivity index (χ4v) is 3.57. The highest BCUT2D eigenvalue weighted by Crippen LogP contribution is 2.42. The molecule has 0 bridgehead atoms. The van der Waals surface area contributed by atoms with E-state index in [2.05, 4.69) is 21.2 Å². The van der Waals surface area contributed by atoms with Crippen LogP contribution in [0.1, 0.15) is 27.7 Å². The Kier molecular flexibility index (Phi) is 6.05. The topological polar surface area (TPSA) is 150 Å². The number of carbonyl (C=O) groups is 4. The summed E-state index contributed by atoms with van der Waals surface area (Å²) in [6.07, 6.45) is -3.90. The summed E-state index contributed by atoms with van der Waals surface area (Å²) in [5, 5.41) is 32.8. The van der Waals surface area contributed by atoms with Gasteiger partial charge in [0, 0.05) is 6.92 Å². The third-order valence-electron chi connectivity index (χ3n) is 4.12. The molecule has 9 nitrogen and oxygen atoms in total. The van der Waals surface area contributed by atoms with Crippen molar-refractivity contribution in [3.05, 3.63) is 0 Å². The van der Waals surface area contributed by atoms with Gasteiger partial charge in [-0.2, -0.15) is 0 Å². The van der Waals surface area contributed by atoms with E-state index in [4.69, 9.17) is 4.74 Å². The average molecular weight is 410 g/mol. The van der Waals surface area contributed by atoms with E-state index in [-0.39, 0.29) is 0 Å². The van der Waals surface area contributed by atoms with Gasteiger partial charge in [0.1, 0.15) is 23.3 Å². The van der Waals surface area contributed by atoms with Gasteiger partial charge < -0.3 is 25.4 Å². The van der Waals surface area contributed by atoms with Crippen LogP contribution in [0.5, 0.6) is 0 Å². The minimum absolute atomic E-state index is 0.663. The number of aliphatic hydroxyl groups is 3. The summed E-state index contributed by atoms with van der Waals surface area (Å²) in [4.78, 5) is 47.2. The van der Waals surface area contributed by atoms with E-state index in [1.54, 1.807) is 0 Å². The van der Waals surface area contributed by atoms with Crippen molar-refractivity contribution in [2.45, 2.75) is 62.2 Å². The Morgan fingerprint density at radius 2 is 1.50 bits per heavy atom. The van der Waals surface area contributed by atoms with E-state index >= 15 is 0 Å². The second kappa shape index (κ2) is 6.96. The molecule has 136 valence electrons. The van der Waals surface area contributed by atoms with Crippen molar-refractivity contribution < 1.29 is 39.2 Å². The van der Waals surface area contributed by atoms with Crippen LogP contribution in [-0.4, -0.2) is 73.0 Å². The molecule has 1 aliphatic rings. The van der Waals surface area contributed by atoms with Crippen LogP contribution in [-0.2, 0) is 23.9 Å². The number of Topliss-reactive ketones (excluding diaryl/α,β-unsaturated/α-hetero) is 3. The molecule has 1 saturated heterocycles. The summed E-state index contributed by atoms with van der Waals surface area (Å²) >= 11 is 2.99. The molecule has 0 aromatic heterocycles. The molecule has 4 N–H and O–H groups in total. The van der Waals surface area contributed by atoms with Gasteiger partial charge in [0.2, 0.25) is 5.91 Å². The zero-order chi connectivity index (χ0) is 19.0. The van der Waals surface area contributed by atoms with Gasteiger partial charge in [0.05, 0.1) is 0 Å². The van der Waals surface area contributed by atoms with Crippen molar-refractivity contribution in [3.63, 3.8) is 0 Å². The first kappa shape index (κ1) is 20.8. The number of halogens is 1. The van der Waals surface area contributed by atoms with Gasteiger partial charge in [-0.05, 0) is 20.8 Å². The number of alkyl halides is 1. The molecule has 6 atom stereocenters. The average Bonchev–Trinajstić information content (AvgIpc) is 2.45. The first-order chi connectivity index (χ1) is 10.8. The summed E-state index contributed by atoms with van der Waals surface area (Å²) in [6, 6.07) is -1.54. The van der Waals surface area contributed by atoms with E-state index in [0.717, 1.165) is 27.7 Å². The maximum atomic E-state index is 12.2. The van der Waals surface area contributed by atoms with Crippen LogP contribution in [0.25, 0.3) is 0 Å². The normalized spacial score (nSPS) is 37.4. The van der Waals surface area contributed by atoms with Gasteiger partial charge in [0.25, 0.3) is 0 Å². The molecular weight excluding hydrogens is 390 g/mol. The molecule has 24 heavy (non-hydrogen) atoms. The predicted molar refractivity (Wildman–Crippen MR) is 83.1 cm³/mol. The first-order valence-corrected chi connectivity index (χ1v) is 7.95. The Morgan fingerprint density at radius 1 is 1.04 bits per heavy atom. The monoisotopic (exact) mass is 409 g/mol. The van der Waals surface area contributed by atoms with E-state index in [0.29, 0.717) is 0 Å². The SMILES string of the molecule is CC(=O)N[C@H]1[C@@H](Br)O[C@H](C(O)C(C)=O)[C@](O)(C(C)=O)[C@@]1(O)C(C)=O. The molecule has 1 amide bonds. The number of ketones is 3. The van der Waals surface area contributed by atoms with E-state index in [1.165, 1.54) is 0 Å². The Hall–Kier alpha value is -1.20. The van der Waals surface area contributed by atoms with Gasteiger partial charge in [-0.3, -0.25) is 19.2 Å². The molecular formula is C14H20BrNO8. The quantitative estimate of drug-likeness (QED) is 0.388. The molecule has 0 radical (unpaired) electrons. The molecule has 1 unspecified atom stereocenters. The number of hydrogen-bond acceptors (Lipinski definition) is 8. The second-order valence-electron chi connectivity index (χ2n) is 5.79. The lowest BCUT2D eigenvalue weighted by Gasteiger charge is -2.54. The summed E-state index contributed by atoms with van der Waals surface area (Å²) in [5.74, 6) is -3.67. The van der Waals surface area contributed by atoms with Crippen molar-refractivity contribution in [3.8, 4) is 0 Å². The Bertz CT molecular complexity index is 563. The van der Waals surface area contributed by atoms with E-state index < -0.39 is 57.7 Å². The van der Waals surface area contributed by atoms with E-state index in [1.807, 2.05) is 0 Å². The largest absolute Gasteiger partial charge is 0.382 e. The molecule has 0 aromatic rings. The van der Waals surface area contributed by atoms with Crippen LogP contribution < -0.4 is 5.32 Å². The highest BCUT2D eigenvalue weighted by molar-refractivity contribution is 9.09. The number of amides is 1. The smallest absolute Gasteiger partial charge is 0.217 e. The molecule has 0 aromatic carbocycles. The van der Waals surface area contributed by atoms with Crippen molar-refractivity contribution in [1.29, 1.82) is 0 Å². The Labute approximate surface area is 146 Å². The second-order valence-corrected chi connectivity index (χ2v) is 6.69. The minimum Gasteiger partial charge on any atom is -0.382 e. The summed E-state index contributed by atoms with van der Waals surface area (Å²) in [6.45, 7) is 3.87. The lowest BCUT2D eigenvalue weighted by molar-refractivity contribution is -0.264. The van der Waals surface area contributed by atoms with E-state index in [9.17, 15) is 34.5 Å². The standard InChI is InChI=1S/C14H20BrNO8/c1-5(17)9(21)11-14(23,7(3)19)13(22,6(2)18)10(12(15)24-11)16-8(4)20/h9-12,21-23H,1-4H3,(H,16,20)/t9?,10-,11+,12-,13+,14+/m0/s1. The molecule has 1 aliphatic heterocycles. The van der Waals surface area contributed by atoms with Crippen molar-refractivity contribution in [2.24, 2.45) is 0 Å². The first-order valence-electron chi connectivity index (χ1n) is 7.03. The zero-order valence-electron chi connectivity index (χ0n) is 13.6. The highest BCUT2D eigenvalue weighted by atomic mass is 79.9. The third-order valence-corrected chi connectivity index (χ3v) is 4.86. The number of ether oxygens (including phenoxy) is 1. The van der Waals surface area contributed by atoms with Crippen LogP contribution in [0.4, 0.5) is 0 Å². The van der Waals surface area contributed by atoms with Gasteiger partial charge in [-0.1, -0.05) is 15.9 Å². The predicted octanol–water partition coefficient (Wildman–Crippen LogP) is -1.80. The summed E-state index contributed by atoms with van der Waals surface area (Å²) in [5.41, 5.74) is -5.79. The molecule has 0 spiro atoms. The number of hydrogen-bond donors (Lipinski definition) is 4. The maximum Gasteiger partial charge on any atom is 0.217 e. The highest BCUT2D eigenvalue weighted by Gasteiger charge is 2.71. The molecule has 10 heteroatoms. The van der Waals surface area contributed by atoms with Crippen LogP contribution in [0.2, 0.25) is 0 Å². The third kappa shape index (κ3) is 3.04. The molecule has 1 rings (SSSR count). The number of carbonyl (C=O) groups excluding carboxylic acids is 4. The summed E-state index contributed by atoms with van der Waals surface area (Å²) < 4.78 is 5.29. The Balaban J connectivity index is 3.64. The molecule has 0 saturated carbocycles. The lowest BCUT2D eigenvalue weighted by atomic mass is 9.66. The van der Waals surface area contributed by atoms with Crippen LogP contribution in [0.15, 0.2) is 0 Å². The van der Waals surface area contributed by atoms with Crippen LogP contribution in [0.3, 0.4) is 0 Å². The molecule has 0 aliphatic carbocycles. The number of nitrogens with one attached hydrogen (secondary N) is 1. The Morgan fingerprint density at radius 3 is 1.83 bits per heavy atom. The fraction of sp³-hybridized carbons (Fsp3) is 0.714. The minimum atomic E-state index is -2.96. The van der Waals surface area contributed by atoms with Crippen molar-refractivity contribution >= 4 is 39.2 Å². The van der Waals surface area contributed by atoms with Crippen molar-refractivity contribution in [1.82, 2.24) is 5.32 Å². The number of aliphatic hydroxyl groups excluding tert-OH is 1.